The normalized spacial score (nSPS) is 10.3. The third-order valence-corrected chi connectivity index (χ3v) is 1.81. The number of pyridine rings is 1. The maximum Gasteiger partial charge on any atom is 0.322 e. The predicted octanol–water partition coefficient (Wildman–Crippen LogP) is 0.102. The zero-order chi connectivity index (χ0) is 13.4. The lowest BCUT2D eigenvalue weighted by atomic mass is 10.3. The minimum absolute atomic E-state index is 0.222. The van der Waals surface area contributed by atoms with Gasteiger partial charge in [-0.1, -0.05) is 0 Å². The summed E-state index contributed by atoms with van der Waals surface area (Å²) in [6.45, 7) is -0.537. The summed E-state index contributed by atoms with van der Waals surface area (Å²) in [5.74, 6) is -1.93. The molecule has 1 aromatic heterocycles. The quantitative estimate of drug-likeness (QED) is 0.501. The first-order valence-electron chi connectivity index (χ1n) is 4.90. The number of carboxylic acids is 1. The minimum Gasteiger partial charge on any atom is -0.480 e. The van der Waals surface area contributed by atoms with E-state index in [1.807, 2.05) is 0 Å². The van der Waals surface area contributed by atoms with Crippen molar-refractivity contribution in [3.8, 4) is 6.07 Å². The lowest BCUT2D eigenvalue weighted by Gasteiger charge is -2.02. The van der Waals surface area contributed by atoms with E-state index in [1.54, 1.807) is 24.4 Å². The Labute approximate surface area is 103 Å². The maximum atomic E-state index is 11.4. The number of nitrogens with zero attached hydrogens (tertiary/aromatic N) is 2. The summed E-state index contributed by atoms with van der Waals surface area (Å²) in [5, 5.41) is 21.9. The third kappa shape index (κ3) is 4.32. The number of nitriles is 1. The molecule has 7 heteroatoms. The molecule has 0 fully saturated rings. The van der Waals surface area contributed by atoms with E-state index in [2.05, 4.69) is 15.6 Å². The molecule has 0 aliphatic carbocycles. The molecule has 3 N–H and O–H groups in total. The van der Waals surface area contributed by atoms with Crippen molar-refractivity contribution in [2.75, 3.05) is 11.9 Å². The Balaban J connectivity index is 2.63. The van der Waals surface area contributed by atoms with Gasteiger partial charge in [0, 0.05) is 12.4 Å². The van der Waals surface area contributed by atoms with Crippen LogP contribution in [0.15, 0.2) is 36.3 Å². The Morgan fingerprint density at radius 3 is 2.89 bits per heavy atom. The number of anilines is 1. The van der Waals surface area contributed by atoms with Gasteiger partial charge in [0.05, 0.1) is 11.9 Å². The molecule has 0 atom stereocenters. The summed E-state index contributed by atoms with van der Waals surface area (Å²) in [6, 6.07) is 5.06. The molecule has 0 bridgehead atoms. The number of carbonyl (C=O) groups is 2. The number of aliphatic carboxylic acids is 1. The topological polar surface area (TPSA) is 115 Å². The van der Waals surface area contributed by atoms with E-state index in [9.17, 15) is 9.59 Å². The van der Waals surface area contributed by atoms with Gasteiger partial charge in [-0.25, -0.2) is 0 Å². The van der Waals surface area contributed by atoms with Crippen LogP contribution in [0.3, 0.4) is 0 Å². The minimum atomic E-state index is -1.18. The number of hydrogen-bond donors (Lipinski definition) is 3. The molecule has 1 aromatic rings. The number of rotatable bonds is 5. The zero-order valence-corrected chi connectivity index (χ0v) is 9.25. The highest BCUT2D eigenvalue weighted by Gasteiger charge is 2.09. The molecular weight excluding hydrogens is 236 g/mol. The highest BCUT2D eigenvalue weighted by molar-refractivity contribution is 5.98. The van der Waals surface area contributed by atoms with Crippen LogP contribution in [0.4, 0.5) is 5.69 Å². The smallest absolute Gasteiger partial charge is 0.322 e. The van der Waals surface area contributed by atoms with Gasteiger partial charge in [-0.2, -0.15) is 5.26 Å². The van der Waals surface area contributed by atoms with Crippen molar-refractivity contribution in [3.63, 3.8) is 0 Å². The van der Waals surface area contributed by atoms with E-state index in [0.29, 0.717) is 5.69 Å². The third-order valence-electron chi connectivity index (χ3n) is 1.81. The number of carboxylic acid groups (broad SMARTS) is 1. The van der Waals surface area contributed by atoms with Gasteiger partial charge in [0.15, 0.2) is 0 Å². The average molecular weight is 246 g/mol. The van der Waals surface area contributed by atoms with E-state index in [0.717, 1.165) is 0 Å². The van der Waals surface area contributed by atoms with Crippen LogP contribution in [-0.2, 0) is 9.59 Å². The van der Waals surface area contributed by atoms with Crippen LogP contribution in [0, 0.1) is 11.3 Å². The van der Waals surface area contributed by atoms with Crippen molar-refractivity contribution in [2.24, 2.45) is 0 Å². The van der Waals surface area contributed by atoms with Gasteiger partial charge in [-0.3, -0.25) is 14.6 Å². The van der Waals surface area contributed by atoms with Crippen molar-refractivity contribution in [1.82, 2.24) is 10.3 Å². The van der Waals surface area contributed by atoms with Crippen LogP contribution < -0.4 is 10.6 Å². The molecule has 0 saturated heterocycles. The molecule has 1 rings (SSSR count). The summed E-state index contributed by atoms with van der Waals surface area (Å²) >= 11 is 0. The van der Waals surface area contributed by atoms with Gasteiger partial charge < -0.3 is 15.7 Å². The highest BCUT2D eigenvalue weighted by atomic mass is 16.4. The molecule has 1 amide bonds. The van der Waals surface area contributed by atoms with Crippen LogP contribution in [0.25, 0.3) is 0 Å². The van der Waals surface area contributed by atoms with Crippen LogP contribution >= 0.6 is 0 Å². The second kappa shape index (κ2) is 6.65. The SMILES string of the molecule is N#C/C(=C/Nc1cccnc1)C(=O)NCC(=O)O. The van der Waals surface area contributed by atoms with Crippen molar-refractivity contribution < 1.29 is 14.7 Å². The molecule has 0 unspecified atom stereocenters. The summed E-state index contributed by atoms with van der Waals surface area (Å²) in [6.07, 6.45) is 4.29. The molecular formula is C11H10N4O3. The molecule has 7 nitrogen and oxygen atoms in total. The largest absolute Gasteiger partial charge is 0.480 e. The monoisotopic (exact) mass is 246 g/mol. The Bertz CT molecular complexity index is 505. The molecule has 0 aromatic carbocycles. The van der Waals surface area contributed by atoms with E-state index >= 15 is 0 Å². The zero-order valence-electron chi connectivity index (χ0n) is 9.25. The number of hydrogen-bond acceptors (Lipinski definition) is 5. The molecule has 0 aliphatic rings. The molecule has 0 radical (unpaired) electrons. The van der Waals surface area contributed by atoms with Crippen molar-refractivity contribution in [2.45, 2.75) is 0 Å². The Morgan fingerprint density at radius 1 is 1.56 bits per heavy atom. The van der Waals surface area contributed by atoms with Crippen molar-refractivity contribution in [3.05, 3.63) is 36.3 Å². The van der Waals surface area contributed by atoms with Gasteiger partial charge in [-0.15, -0.1) is 0 Å². The van der Waals surface area contributed by atoms with E-state index in [4.69, 9.17) is 10.4 Å². The van der Waals surface area contributed by atoms with E-state index in [1.165, 1.54) is 12.4 Å². The van der Waals surface area contributed by atoms with E-state index in [-0.39, 0.29) is 5.57 Å². The fourth-order valence-electron chi connectivity index (χ4n) is 1.00. The second-order valence-corrected chi connectivity index (χ2v) is 3.13. The Morgan fingerprint density at radius 2 is 2.33 bits per heavy atom. The molecule has 0 saturated carbocycles. The van der Waals surface area contributed by atoms with E-state index < -0.39 is 18.4 Å². The lowest BCUT2D eigenvalue weighted by molar-refractivity contribution is -0.137. The number of carbonyl (C=O) groups excluding carboxylic acids is 1. The Hall–Kier alpha value is -2.88. The summed E-state index contributed by atoms with van der Waals surface area (Å²) in [5.41, 5.74) is 0.386. The van der Waals surface area contributed by atoms with Gasteiger partial charge in [0.1, 0.15) is 18.2 Å². The molecule has 1 heterocycles. The molecule has 92 valence electrons. The summed E-state index contributed by atoms with van der Waals surface area (Å²) in [7, 11) is 0. The van der Waals surface area contributed by atoms with Crippen LogP contribution in [0.5, 0.6) is 0 Å². The van der Waals surface area contributed by atoms with Crippen molar-refractivity contribution in [1.29, 1.82) is 5.26 Å². The van der Waals surface area contributed by atoms with Gasteiger partial charge >= 0.3 is 5.97 Å². The number of aromatic nitrogens is 1. The van der Waals surface area contributed by atoms with Crippen LogP contribution in [0.1, 0.15) is 0 Å². The van der Waals surface area contributed by atoms with Crippen molar-refractivity contribution >= 4 is 17.6 Å². The molecule has 18 heavy (non-hydrogen) atoms. The maximum absolute atomic E-state index is 11.4. The van der Waals surface area contributed by atoms with Gasteiger partial charge in [0.2, 0.25) is 0 Å². The summed E-state index contributed by atoms with van der Waals surface area (Å²) < 4.78 is 0. The highest BCUT2D eigenvalue weighted by Crippen LogP contribution is 2.03. The first kappa shape index (κ1) is 13.2. The fraction of sp³-hybridized carbons (Fsp3) is 0.0909. The summed E-state index contributed by atoms with van der Waals surface area (Å²) in [4.78, 5) is 25.5. The standard InChI is InChI=1S/C11H10N4O3/c12-4-8(11(18)15-7-10(16)17)5-14-9-2-1-3-13-6-9/h1-3,5-6,14H,7H2,(H,15,18)(H,16,17)/b8-5-. The number of amides is 1. The number of nitrogens with one attached hydrogen (secondary N) is 2. The lowest BCUT2D eigenvalue weighted by Crippen LogP contribution is -2.30. The first-order valence-corrected chi connectivity index (χ1v) is 4.90. The van der Waals surface area contributed by atoms with Gasteiger partial charge in [-0.05, 0) is 12.1 Å². The van der Waals surface area contributed by atoms with Crippen LogP contribution in [0.2, 0.25) is 0 Å². The van der Waals surface area contributed by atoms with Gasteiger partial charge in [0.25, 0.3) is 5.91 Å². The first-order chi connectivity index (χ1) is 8.63. The van der Waals surface area contributed by atoms with Crippen LogP contribution in [-0.4, -0.2) is 28.5 Å². The molecule has 0 spiro atoms. The fourth-order valence-corrected chi connectivity index (χ4v) is 1.00. The Kier molecular flexibility index (Phi) is 4.87. The second-order valence-electron chi connectivity index (χ2n) is 3.13. The predicted molar refractivity (Wildman–Crippen MR) is 62.2 cm³/mol. The average Bonchev–Trinajstić information content (AvgIpc) is 2.38. The molecule has 0 aliphatic heterocycles.